The average molecular weight is 401 g/mol. The molecule has 0 saturated heterocycles. The third kappa shape index (κ3) is 3.22. The molecule has 0 bridgehead atoms. The van der Waals surface area contributed by atoms with Crippen LogP contribution in [0.5, 0.6) is 0 Å². The fourth-order valence-corrected chi connectivity index (χ4v) is 3.47. The Bertz CT molecular complexity index is 1310. The van der Waals surface area contributed by atoms with Gasteiger partial charge in [0.05, 0.1) is 22.5 Å². The van der Waals surface area contributed by atoms with E-state index >= 15 is 0 Å². The zero-order chi connectivity index (χ0) is 21.4. The maximum absolute atomic E-state index is 14.0. The molecule has 5 nitrogen and oxygen atoms in total. The van der Waals surface area contributed by atoms with E-state index in [9.17, 15) is 14.0 Å². The number of fused-ring (bicyclic) bond motifs is 1. The van der Waals surface area contributed by atoms with Gasteiger partial charge in [0.15, 0.2) is 0 Å². The van der Waals surface area contributed by atoms with Gasteiger partial charge in [-0.2, -0.15) is 0 Å². The Labute approximate surface area is 173 Å². The summed E-state index contributed by atoms with van der Waals surface area (Å²) in [7, 11) is 0. The number of carbonyl (C=O) groups excluding carboxylic acids is 2. The molecular formula is C24H20FN3O2. The molecule has 2 heterocycles. The largest absolute Gasteiger partial charge is 0.396 e. The van der Waals surface area contributed by atoms with Crippen LogP contribution >= 0.6 is 0 Å². The van der Waals surface area contributed by atoms with Crippen LogP contribution in [0.2, 0.25) is 0 Å². The van der Waals surface area contributed by atoms with Gasteiger partial charge in [-0.15, -0.1) is 0 Å². The van der Waals surface area contributed by atoms with Gasteiger partial charge in [-0.3, -0.25) is 9.59 Å². The van der Waals surface area contributed by atoms with Gasteiger partial charge in [0, 0.05) is 11.8 Å². The van der Waals surface area contributed by atoms with Crippen LogP contribution in [0, 0.1) is 19.7 Å². The number of rotatable bonds is 4. The van der Waals surface area contributed by atoms with Crippen LogP contribution in [0.4, 0.5) is 15.8 Å². The molecule has 4 aromatic rings. The van der Waals surface area contributed by atoms with Crippen molar-refractivity contribution in [1.29, 1.82) is 0 Å². The van der Waals surface area contributed by atoms with Crippen LogP contribution in [0.3, 0.4) is 0 Å². The fourth-order valence-electron chi connectivity index (χ4n) is 3.47. The summed E-state index contributed by atoms with van der Waals surface area (Å²) in [4.78, 5) is 26.3. The maximum atomic E-state index is 14.0. The number of carbonyl (C=O) groups is 2. The number of nitrogens with zero attached hydrogens (tertiary/aromatic N) is 1. The predicted molar refractivity (Wildman–Crippen MR) is 116 cm³/mol. The van der Waals surface area contributed by atoms with Crippen LogP contribution in [-0.4, -0.2) is 16.1 Å². The van der Waals surface area contributed by atoms with Crippen molar-refractivity contribution in [3.8, 4) is 0 Å². The van der Waals surface area contributed by atoms with Gasteiger partial charge in [-0.25, -0.2) is 4.39 Å². The first kappa shape index (κ1) is 19.4. The van der Waals surface area contributed by atoms with E-state index in [1.165, 1.54) is 18.2 Å². The van der Waals surface area contributed by atoms with Gasteiger partial charge in [-0.1, -0.05) is 30.3 Å². The lowest BCUT2D eigenvalue weighted by Crippen LogP contribution is -2.15. The minimum atomic E-state index is -0.583. The van der Waals surface area contributed by atoms with Crippen molar-refractivity contribution in [2.24, 2.45) is 0 Å². The smallest absolute Gasteiger partial charge is 0.260 e. The summed E-state index contributed by atoms with van der Waals surface area (Å²) in [5.74, 6) is -1.43. The lowest BCUT2D eigenvalue weighted by Gasteiger charge is -2.07. The van der Waals surface area contributed by atoms with Gasteiger partial charge >= 0.3 is 0 Å². The quantitative estimate of drug-likeness (QED) is 0.484. The molecule has 30 heavy (non-hydrogen) atoms. The van der Waals surface area contributed by atoms with E-state index in [2.05, 4.69) is 5.32 Å². The van der Waals surface area contributed by atoms with E-state index in [1.807, 2.05) is 19.9 Å². The SMILES string of the molecule is Cc1ccc(C(=O)c2c(N)c(C(=O)Nc3ccccc3F)c3ccccn23)cc1C. The summed E-state index contributed by atoms with van der Waals surface area (Å²) in [5, 5.41) is 2.55. The highest BCUT2D eigenvalue weighted by molar-refractivity contribution is 6.20. The number of anilines is 2. The standard InChI is InChI=1S/C24H20FN3O2/c1-14-10-11-16(13-15(14)2)23(29)22-21(26)20(19-9-5-6-12-28(19)22)24(30)27-18-8-4-3-7-17(18)25/h3-13H,26H2,1-2H3,(H,27,30). The van der Waals surface area contributed by atoms with Crippen molar-refractivity contribution in [2.75, 3.05) is 11.1 Å². The fraction of sp³-hybridized carbons (Fsp3) is 0.0833. The number of aryl methyl sites for hydroxylation is 2. The highest BCUT2D eigenvalue weighted by Crippen LogP contribution is 2.30. The van der Waals surface area contributed by atoms with Crippen molar-refractivity contribution in [1.82, 2.24) is 4.40 Å². The minimum Gasteiger partial charge on any atom is -0.396 e. The van der Waals surface area contributed by atoms with Crippen LogP contribution in [-0.2, 0) is 0 Å². The Morgan fingerprint density at radius 3 is 2.43 bits per heavy atom. The number of halogens is 1. The van der Waals surface area contributed by atoms with Crippen molar-refractivity contribution in [2.45, 2.75) is 13.8 Å². The molecule has 0 atom stereocenters. The second kappa shape index (κ2) is 7.48. The molecule has 0 fully saturated rings. The number of nitrogens with one attached hydrogen (secondary N) is 1. The summed E-state index contributed by atoms with van der Waals surface area (Å²) >= 11 is 0. The normalized spacial score (nSPS) is 10.9. The number of para-hydroxylation sites is 1. The number of aromatic nitrogens is 1. The molecule has 0 radical (unpaired) electrons. The summed E-state index contributed by atoms with van der Waals surface area (Å²) in [6.07, 6.45) is 1.68. The molecule has 150 valence electrons. The first-order chi connectivity index (χ1) is 14.4. The number of hydrogen-bond acceptors (Lipinski definition) is 3. The summed E-state index contributed by atoms with van der Waals surface area (Å²) in [5.41, 5.74) is 9.75. The lowest BCUT2D eigenvalue weighted by atomic mass is 10.0. The van der Waals surface area contributed by atoms with E-state index in [4.69, 9.17) is 5.73 Å². The lowest BCUT2D eigenvalue weighted by molar-refractivity contribution is 0.102. The third-order valence-electron chi connectivity index (χ3n) is 5.21. The first-order valence-electron chi connectivity index (χ1n) is 9.45. The third-order valence-corrected chi connectivity index (χ3v) is 5.21. The predicted octanol–water partition coefficient (Wildman–Crippen LogP) is 4.76. The van der Waals surface area contributed by atoms with E-state index in [-0.39, 0.29) is 28.4 Å². The highest BCUT2D eigenvalue weighted by atomic mass is 19.1. The molecule has 6 heteroatoms. The molecule has 2 aromatic carbocycles. The number of pyridine rings is 1. The van der Waals surface area contributed by atoms with Crippen molar-refractivity contribution in [3.05, 3.63) is 101 Å². The second-order valence-corrected chi connectivity index (χ2v) is 7.16. The molecule has 2 aromatic heterocycles. The van der Waals surface area contributed by atoms with Gasteiger partial charge in [0.2, 0.25) is 5.78 Å². The molecule has 0 saturated carbocycles. The van der Waals surface area contributed by atoms with Crippen LogP contribution in [0.15, 0.2) is 66.9 Å². The van der Waals surface area contributed by atoms with Crippen LogP contribution in [0.1, 0.15) is 37.5 Å². The summed E-state index contributed by atoms with van der Waals surface area (Å²) in [6, 6.07) is 16.5. The number of hydrogen-bond donors (Lipinski definition) is 2. The van der Waals surface area contributed by atoms with E-state index in [1.54, 1.807) is 47.0 Å². The molecule has 3 N–H and O–H groups in total. The number of amides is 1. The highest BCUT2D eigenvalue weighted by Gasteiger charge is 2.26. The number of nitrogens with two attached hydrogens (primary N) is 1. The topological polar surface area (TPSA) is 76.6 Å². The molecule has 0 unspecified atom stereocenters. The van der Waals surface area contributed by atoms with E-state index in [0.717, 1.165) is 11.1 Å². The molecule has 1 amide bonds. The average Bonchev–Trinajstić information content (AvgIpc) is 3.03. The van der Waals surface area contributed by atoms with Gasteiger partial charge < -0.3 is 15.5 Å². The Morgan fingerprint density at radius 2 is 1.70 bits per heavy atom. The zero-order valence-electron chi connectivity index (χ0n) is 16.6. The van der Waals surface area contributed by atoms with Crippen molar-refractivity contribution < 1.29 is 14.0 Å². The van der Waals surface area contributed by atoms with Crippen molar-refractivity contribution >= 4 is 28.6 Å². The first-order valence-corrected chi connectivity index (χ1v) is 9.45. The van der Waals surface area contributed by atoms with E-state index < -0.39 is 11.7 Å². The molecule has 0 aliphatic rings. The number of nitrogen functional groups attached to an aromatic ring is 1. The second-order valence-electron chi connectivity index (χ2n) is 7.16. The Kier molecular flexibility index (Phi) is 4.83. The van der Waals surface area contributed by atoms with Gasteiger partial charge in [0.1, 0.15) is 11.5 Å². The molecular weight excluding hydrogens is 381 g/mol. The zero-order valence-corrected chi connectivity index (χ0v) is 16.6. The van der Waals surface area contributed by atoms with E-state index in [0.29, 0.717) is 11.1 Å². The van der Waals surface area contributed by atoms with Crippen molar-refractivity contribution in [3.63, 3.8) is 0 Å². The number of ketones is 1. The van der Waals surface area contributed by atoms with Gasteiger partial charge in [-0.05, 0) is 55.3 Å². The Morgan fingerprint density at radius 1 is 0.967 bits per heavy atom. The minimum absolute atomic E-state index is 0.0409. The Hall–Kier alpha value is -3.93. The van der Waals surface area contributed by atoms with Gasteiger partial charge in [0.25, 0.3) is 5.91 Å². The maximum Gasteiger partial charge on any atom is 0.260 e. The molecule has 4 rings (SSSR count). The Balaban J connectivity index is 1.84. The monoisotopic (exact) mass is 401 g/mol. The molecule has 0 spiro atoms. The van der Waals surface area contributed by atoms with Crippen LogP contribution in [0.25, 0.3) is 5.52 Å². The summed E-state index contributed by atoms with van der Waals surface area (Å²) < 4.78 is 15.6. The number of benzene rings is 2. The summed E-state index contributed by atoms with van der Waals surface area (Å²) in [6.45, 7) is 3.90. The molecule has 0 aliphatic heterocycles. The van der Waals surface area contributed by atoms with Crippen LogP contribution < -0.4 is 11.1 Å². The molecule has 0 aliphatic carbocycles.